The fraction of sp³-hybridized carbons (Fsp3) is 0.833. The lowest BCUT2D eigenvalue weighted by molar-refractivity contribution is 0.120. The molecule has 0 bridgehead atoms. The summed E-state index contributed by atoms with van der Waals surface area (Å²) in [6.45, 7) is 8.03. The number of aliphatic hydroxyl groups excluding tert-OH is 1. The molecule has 0 saturated heterocycles. The highest BCUT2D eigenvalue weighted by Crippen LogP contribution is 2.46. The van der Waals surface area contributed by atoms with Gasteiger partial charge in [0.2, 0.25) is 5.89 Å². The highest BCUT2D eigenvalue weighted by molar-refractivity contribution is 5.15. The van der Waals surface area contributed by atoms with E-state index in [-0.39, 0.29) is 11.3 Å². The van der Waals surface area contributed by atoms with Crippen molar-refractivity contribution in [2.75, 3.05) is 0 Å². The maximum Gasteiger partial charge on any atom is 0.232 e. The zero-order chi connectivity index (χ0) is 11.9. The minimum absolute atomic E-state index is 0.0661. The molecular formula is C12H20N2O2. The van der Waals surface area contributed by atoms with Crippen LogP contribution in [0.2, 0.25) is 0 Å². The van der Waals surface area contributed by atoms with Crippen LogP contribution in [0.15, 0.2) is 4.52 Å². The first-order valence-electron chi connectivity index (χ1n) is 5.96. The Morgan fingerprint density at radius 1 is 1.31 bits per heavy atom. The molecular weight excluding hydrogens is 204 g/mol. The maximum absolute atomic E-state index is 9.74. The summed E-state index contributed by atoms with van der Waals surface area (Å²) in [4.78, 5) is 4.45. The van der Waals surface area contributed by atoms with Gasteiger partial charge in [0.15, 0.2) is 5.82 Å². The zero-order valence-corrected chi connectivity index (χ0v) is 10.4. The molecule has 1 aliphatic rings. The third kappa shape index (κ3) is 1.98. The number of aromatic nitrogens is 2. The van der Waals surface area contributed by atoms with Gasteiger partial charge in [-0.3, -0.25) is 0 Å². The number of hydrogen-bond acceptors (Lipinski definition) is 4. The minimum atomic E-state index is -0.458. The summed E-state index contributed by atoms with van der Waals surface area (Å²) in [7, 11) is 0. The zero-order valence-electron chi connectivity index (χ0n) is 10.4. The van der Waals surface area contributed by atoms with Crippen LogP contribution in [0.3, 0.4) is 0 Å². The summed E-state index contributed by atoms with van der Waals surface area (Å²) in [6.07, 6.45) is 1.81. The van der Waals surface area contributed by atoms with Gasteiger partial charge in [0, 0.05) is 5.41 Å². The van der Waals surface area contributed by atoms with E-state index < -0.39 is 6.10 Å². The van der Waals surface area contributed by atoms with Crippen LogP contribution in [0.4, 0.5) is 0 Å². The Hall–Kier alpha value is -0.900. The first kappa shape index (κ1) is 11.6. The number of rotatable bonds is 4. The molecule has 0 amide bonds. The molecule has 1 N–H and O–H groups in total. The van der Waals surface area contributed by atoms with Gasteiger partial charge in [0.05, 0.1) is 12.0 Å². The molecule has 2 rings (SSSR count). The van der Waals surface area contributed by atoms with Crippen molar-refractivity contribution in [2.24, 2.45) is 5.92 Å². The van der Waals surface area contributed by atoms with Crippen LogP contribution >= 0.6 is 0 Å². The van der Waals surface area contributed by atoms with E-state index in [0.29, 0.717) is 11.8 Å². The van der Waals surface area contributed by atoms with Crippen molar-refractivity contribution >= 4 is 0 Å². The van der Waals surface area contributed by atoms with Crippen LogP contribution in [0.5, 0.6) is 0 Å². The van der Waals surface area contributed by atoms with Crippen molar-refractivity contribution in [1.29, 1.82) is 0 Å². The standard InChI is InChI=1S/C12H20N2O2/c1-7(2)9(8(3)15)10-13-11(14-16-10)12(4)5-6-12/h7-9,15H,5-6H2,1-4H3. The second kappa shape index (κ2) is 3.84. The van der Waals surface area contributed by atoms with Gasteiger partial charge in [0.25, 0.3) is 0 Å². The summed E-state index contributed by atoms with van der Waals surface area (Å²) < 4.78 is 5.29. The normalized spacial score (nSPS) is 22.1. The molecule has 1 fully saturated rings. The molecule has 0 radical (unpaired) electrons. The van der Waals surface area contributed by atoms with Crippen molar-refractivity contribution in [1.82, 2.24) is 10.1 Å². The molecule has 1 aromatic rings. The van der Waals surface area contributed by atoms with Crippen LogP contribution < -0.4 is 0 Å². The van der Waals surface area contributed by atoms with Crippen LogP contribution in [0.1, 0.15) is 58.2 Å². The van der Waals surface area contributed by atoms with Crippen molar-refractivity contribution in [3.63, 3.8) is 0 Å². The van der Waals surface area contributed by atoms with Crippen LogP contribution in [0, 0.1) is 5.92 Å². The van der Waals surface area contributed by atoms with E-state index in [1.165, 1.54) is 0 Å². The van der Waals surface area contributed by atoms with E-state index in [1.54, 1.807) is 6.92 Å². The lowest BCUT2D eigenvalue weighted by Crippen LogP contribution is -2.20. The Bertz CT molecular complexity index is 359. The SMILES string of the molecule is CC(C)C(c1nc(C2(C)CC2)no1)C(C)O. The van der Waals surface area contributed by atoms with Gasteiger partial charge in [-0.05, 0) is 25.7 Å². The average molecular weight is 224 g/mol. The molecule has 1 aliphatic carbocycles. The number of hydrogen-bond donors (Lipinski definition) is 1. The van der Waals surface area contributed by atoms with Crippen LogP contribution in [-0.2, 0) is 5.41 Å². The Kier molecular flexibility index (Phi) is 2.78. The van der Waals surface area contributed by atoms with E-state index in [9.17, 15) is 5.11 Å². The van der Waals surface area contributed by atoms with Gasteiger partial charge < -0.3 is 9.63 Å². The molecule has 1 heterocycles. The van der Waals surface area contributed by atoms with E-state index in [0.717, 1.165) is 18.7 Å². The molecule has 0 spiro atoms. The molecule has 1 saturated carbocycles. The second-order valence-electron chi connectivity index (χ2n) is 5.53. The average Bonchev–Trinajstić information content (AvgIpc) is 2.75. The van der Waals surface area contributed by atoms with Crippen molar-refractivity contribution in [2.45, 2.75) is 58.0 Å². The van der Waals surface area contributed by atoms with Crippen molar-refractivity contribution in [3.8, 4) is 0 Å². The Balaban J connectivity index is 2.22. The minimum Gasteiger partial charge on any atom is -0.393 e. The van der Waals surface area contributed by atoms with Gasteiger partial charge in [-0.25, -0.2) is 0 Å². The van der Waals surface area contributed by atoms with E-state index in [4.69, 9.17) is 4.52 Å². The highest BCUT2D eigenvalue weighted by atomic mass is 16.5. The Morgan fingerprint density at radius 2 is 1.94 bits per heavy atom. The van der Waals surface area contributed by atoms with Gasteiger partial charge in [0.1, 0.15) is 0 Å². The molecule has 90 valence electrons. The number of nitrogens with zero attached hydrogens (tertiary/aromatic N) is 2. The largest absolute Gasteiger partial charge is 0.393 e. The Morgan fingerprint density at radius 3 is 2.38 bits per heavy atom. The van der Waals surface area contributed by atoms with Gasteiger partial charge in [-0.2, -0.15) is 4.98 Å². The third-order valence-electron chi connectivity index (χ3n) is 3.50. The monoisotopic (exact) mass is 224 g/mol. The lowest BCUT2D eigenvalue weighted by atomic mass is 9.91. The predicted octanol–water partition coefficient (Wildman–Crippen LogP) is 2.24. The van der Waals surface area contributed by atoms with Crippen LogP contribution in [-0.4, -0.2) is 21.4 Å². The molecule has 2 unspecified atom stereocenters. The van der Waals surface area contributed by atoms with Crippen LogP contribution in [0.25, 0.3) is 0 Å². The first-order chi connectivity index (χ1) is 7.44. The fourth-order valence-corrected chi connectivity index (χ4v) is 2.08. The van der Waals surface area contributed by atoms with Gasteiger partial charge in [-0.1, -0.05) is 25.9 Å². The molecule has 0 aliphatic heterocycles. The summed E-state index contributed by atoms with van der Waals surface area (Å²) in [5.41, 5.74) is 0.127. The molecule has 2 atom stereocenters. The molecule has 4 nitrogen and oxygen atoms in total. The fourth-order valence-electron chi connectivity index (χ4n) is 2.08. The quantitative estimate of drug-likeness (QED) is 0.852. The van der Waals surface area contributed by atoms with Gasteiger partial charge >= 0.3 is 0 Å². The summed E-state index contributed by atoms with van der Waals surface area (Å²) in [5, 5.41) is 13.8. The molecule has 4 heteroatoms. The molecule has 0 aromatic carbocycles. The van der Waals surface area contributed by atoms with Gasteiger partial charge in [-0.15, -0.1) is 0 Å². The maximum atomic E-state index is 9.74. The summed E-state index contributed by atoms with van der Waals surface area (Å²) in [6, 6.07) is 0. The highest BCUT2D eigenvalue weighted by Gasteiger charge is 2.44. The summed E-state index contributed by atoms with van der Waals surface area (Å²) in [5.74, 6) is 1.60. The topological polar surface area (TPSA) is 59.2 Å². The van der Waals surface area contributed by atoms with E-state index in [2.05, 4.69) is 30.9 Å². The van der Waals surface area contributed by atoms with E-state index in [1.807, 2.05) is 0 Å². The predicted molar refractivity (Wildman–Crippen MR) is 60.1 cm³/mol. The number of aliphatic hydroxyl groups is 1. The second-order valence-corrected chi connectivity index (χ2v) is 5.53. The molecule has 1 aromatic heterocycles. The summed E-state index contributed by atoms with van der Waals surface area (Å²) >= 11 is 0. The lowest BCUT2D eigenvalue weighted by Gasteiger charge is -2.19. The van der Waals surface area contributed by atoms with E-state index >= 15 is 0 Å². The Labute approximate surface area is 96.1 Å². The van der Waals surface area contributed by atoms with Crippen molar-refractivity contribution in [3.05, 3.63) is 11.7 Å². The first-order valence-corrected chi connectivity index (χ1v) is 5.96. The smallest absolute Gasteiger partial charge is 0.232 e. The third-order valence-corrected chi connectivity index (χ3v) is 3.50. The molecule has 16 heavy (non-hydrogen) atoms. The van der Waals surface area contributed by atoms with Crippen molar-refractivity contribution < 1.29 is 9.63 Å².